The van der Waals surface area contributed by atoms with Crippen LogP contribution in [0.3, 0.4) is 0 Å². The highest BCUT2D eigenvalue weighted by Crippen LogP contribution is 2.39. The highest BCUT2D eigenvalue weighted by Gasteiger charge is 2.32. The summed E-state index contributed by atoms with van der Waals surface area (Å²) in [6, 6.07) is 12.5. The zero-order valence-corrected chi connectivity index (χ0v) is 16.3. The first-order valence-corrected chi connectivity index (χ1v) is 9.26. The minimum atomic E-state index is -0.298. The lowest BCUT2D eigenvalue weighted by Crippen LogP contribution is -2.31. The first-order chi connectivity index (χ1) is 11.9. The van der Waals surface area contributed by atoms with Crippen molar-refractivity contribution in [3.63, 3.8) is 0 Å². The zero-order valence-electron chi connectivity index (χ0n) is 16.3. The summed E-state index contributed by atoms with van der Waals surface area (Å²) in [6.45, 7) is 11.9. The molecule has 0 aliphatic carbocycles. The fourth-order valence-corrected chi connectivity index (χ4v) is 3.16. The summed E-state index contributed by atoms with van der Waals surface area (Å²) in [5.41, 5.74) is 4.27. The summed E-state index contributed by atoms with van der Waals surface area (Å²) >= 11 is 0. The van der Waals surface area contributed by atoms with Gasteiger partial charge in [-0.25, -0.2) is 0 Å². The van der Waals surface area contributed by atoms with Crippen LogP contribution in [0.4, 0.5) is 5.69 Å². The van der Waals surface area contributed by atoms with Gasteiger partial charge in [-0.2, -0.15) is 0 Å². The summed E-state index contributed by atoms with van der Waals surface area (Å²) in [7, 11) is 0. The Kier molecular flexibility index (Phi) is 6.23. The summed E-state index contributed by atoms with van der Waals surface area (Å²) in [6.07, 6.45) is 3.56. The zero-order chi connectivity index (χ0) is 18.5. The van der Waals surface area contributed by atoms with Crippen LogP contribution in [0.25, 0.3) is 11.1 Å². The minimum absolute atomic E-state index is 0.113. The molecule has 0 aliphatic heterocycles. The first-order valence-electron chi connectivity index (χ1n) is 9.26. The Hall–Kier alpha value is -1.87. The number of nitrogens with zero attached hydrogens (tertiary/aromatic N) is 1. The van der Waals surface area contributed by atoms with E-state index in [9.17, 15) is 5.11 Å². The minimum Gasteiger partial charge on any atom is -0.395 e. The number of hydrogen-bond acceptors (Lipinski definition) is 3. The van der Waals surface area contributed by atoms with E-state index in [2.05, 4.69) is 70.3 Å². The topological polar surface area (TPSA) is 45.2 Å². The molecule has 0 unspecified atom stereocenters. The van der Waals surface area contributed by atoms with Crippen molar-refractivity contribution in [1.82, 2.24) is 4.98 Å². The normalized spacial score (nSPS) is 12.2. The third-order valence-corrected chi connectivity index (χ3v) is 4.99. The fourth-order valence-electron chi connectivity index (χ4n) is 3.16. The quantitative estimate of drug-likeness (QED) is 0.723. The number of benzene rings is 1. The Balaban J connectivity index is 2.54. The van der Waals surface area contributed by atoms with Crippen LogP contribution < -0.4 is 5.32 Å². The number of pyridine rings is 1. The van der Waals surface area contributed by atoms with Crippen molar-refractivity contribution < 1.29 is 5.11 Å². The lowest BCUT2D eigenvalue weighted by atomic mass is 9.76. The molecule has 25 heavy (non-hydrogen) atoms. The van der Waals surface area contributed by atoms with Gasteiger partial charge in [0.05, 0.1) is 12.3 Å². The van der Waals surface area contributed by atoms with Gasteiger partial charge in [-0.15, -0.1) is 0 Å². The average Bonchev–Trinajstić information content (AvgIpc) is 2.62. The highest BCUT2D eigenvalue weighted by molar-refractivity contribution is 5.79. The molecule has 136 valence electrons. The lowest BCUT2D eigenvalue weighted by Gasteiger charge is -2.31. The average molecular weight is 341 g/mol. The van der Waals surface area contributed by atoms with Gasteiger partial charge in [0.2, 0.25) is 0 Å². The molecule has 3 heteroatoms. The van der Waals surface area contributed by atoms with Crippen LogP contribution in [0.1, 0.15) is 53.2 Å². The number of hydrogen-bond donors (Lipinski definition) is 2. The number of aliphatic hydroxyl groups is 1. The van der Waals surface area contributed by atoms with E-state index in [4.69, 9.17) is 4.98 Å². The Labute approximate surface area is 152 Å². The van der Waals surface area contributed by atoms with Crippen molar-refractivity contribution in [2.45, 2.75) is 52.9 Å². The van der Waals surface area contributed by atoms with E-state index in [0.29, 0.717) is 0 Å². The van der Waals surface area contributed by atoms with Gasteiger partial charge in [-0.1, -0.05) is 58.9 Å². The Morgan fingerprint density at radius 1 is 0.960 bits per heavy atom. The van der Waals surface area contributed by atoms with Crippen molar-refractivity contribution in [3.05, 3.63) is 48.3 Å². The summed E-state index contributed by atoms with van der Waals surface area (Å²) in [4.78, 5) is 4.70. The van der Waals surface area contributed by atoms with Crippen LogP contribution in [0.2, 0.25) is 0 Å². The molecule has 0 spiro atoms. The summed E-state index contributed by atoms with van der Waals surface area (Å²) < 4.78 is 0. The summed E-state index contributed by atoms with van der Waals surface area (Å²) in [5, 5.41) is 13.7. The number of aliphatic hydroxyl groups excluding tert-OH is 1. The maximum absolute atomic E-state index is 10.1. The fraction of sp³-hybridized carbons (Fsp3) is 0.500. The Morgan fingerprint density at radius 2 is 1.60 bits per heavy atom. The molecule has 2 rings (SSSR count). The second-order valence-corrected chi connectivity index (χ2v) is 8.00. The number of para-hydroxylation sites is 1. The molecule has 0 amide bonds. The van der Waals surface area contributed by atoms with Crippen molar-refractivity contribution in [2.75, 3.05) is 18.5 Å². The van der Waals surface area contributed by atoms with Crippen molar-refractivity contribution in [2.24, 2.45) is 5.41 Å². The van der Waals surface area contributed by atoms with Crippen molar-refractivity contribution in [3.8, 4) is 11.1 Å². The molecule has 0 aliphatic rings. The molecule has 0 bridgehead atoms. The smallest absolute Gasteiger partial charge is 0.0567 e. The molecule has 0 radical (unpaired) electrons. The van der Waals surface area contributed by atoms with E-state index in [0.717, 1.165) is 41.9 Å². The van der Waals surface area contributed by atoms with Crippen LogP contribution in [0.15, 0.2) is 42.6 Å². The van der Waals surface area contributed by atoms with Crippen LogP contribution in [-0.2, 0) is 5.41 Å². The second kappa shape index (κ2) is 8.01. The molecular weight excluding hydrogens is 308 g/mol. The number of rotatable bonds is 7. The molecule has 0 fully saturated rings. The van der Waals surface area contributed by atoms with Crippen molar-refractivity contribution in [1.29, 1.82) is 0 Å². The predicted octanol–water partition coefficient (Wildman–Crippen LogP) is 5.26. The van der Waals surface area contributed by atoms with Gasteiger partial charge in [-0.3, -0.25) is 4.98 Å². The maximum Gasteiger partial charge on any atom is 0.0567 e. The standard InChI is InChI=1S/C22H32N2O/c1-6-22(7-2,16-25)20-18(12-10-14-23-20)17-11-8-9-13-19(17)24-15-21(3,4)5/h8-14,24-25H,6-7,15-16H2,1-5H3. The Morgan fingerprint density at radius 3 is 2.20 bits per heavy atom. The van der Waals surface area contributed by atoms with E-state index in [1.807, 2.05) is 12.3 Å². The van der Waals surface area contributed by atoms with Crippen LogP contribution >= 0.6 is 0 Å². The second-order valence-electron chi connectivity index (χ2n) is 8.00. The van der Waals surface area contributed by atoms with E-state index in [1.54, 1.807) is 0 Å². The molecule has 0 saturated heterocycles. The van der Waals surface area contributed by atoms with Crippen LogP contribution in [0, 0.1) is 5.41 Å². The van der Waals surface area contributed by atoms with E-state index in [-0.39, 0.29) is 17.4 Å². The predicted molar refractivity (Wildman–Crippen MR) is 107 cm³/mol. The molecule has 1 heterocycles. The Bertz CT molecular complexity index is 676. The lowest BCUT2D eigenvalue weighted by molar-refractivity contribution is 0.180. The third-order valence-electron chi connectivity index (χ3n) is 4.99. The molecule has 2 N–H and O–H groups in total. The van der Waals surface area contributed by atoms with Crippen LogP contribution in [0.5, 0.6) is 0 Å². The molecule has 2 aromatic rings. The molecular formula is C22H32N2O. The number of nitrogens with one attached hydrogen (secondary N) is 1. The van der Waals surface area contributed by atoms with Gasteiger partial charge in [0.25, 0.3) is 0 Å². The van der Waals surface area contributed by atoms with Gasteiger partial charge in [0.1, 0.15) is 0 Å². The van der Waals surface area contributed by atoms with Gasteiger partial charge in [0.15, 0.2) is 0 Å². The largest absolute Gasteiger partial charge is 0.395 e. The van der Waals surface area contributed by atoms with E-state index in [1.165, 1.54) is 0 Å². The molecule has 3 nitrogen and oxygen atoms in total. The molecule has 1 aromatic heterocycles. The van der Waals surface area contributed by atoms with Crippen molar-refractivity contribution >= 4 is 5.69 Å². The number of aromatic nitrogens is 1. The molecule has 0 saturated carbocycles. The first kappa shape index (κ1) is 19.5. The molecule has 0 atom stereocenters. The van der Waals surface area contributed by atoms with Gasteiger partial charge in [0, 0.05) is 35.0 Å². The summed E-state index contributed by atoms with van der Waals surface area (Å²) in [5.74, 6) is 0. The van der Waals surface area contributed by atoms with Gasteiger partial charge < -0.3 is 10.4 Å². The molecule has 1 aromatic carbocycles. The third kappa shape index (κ3) is 4.40. The van der Waals surface area contributed by atoms with E-state index < -0.39 is 0 Å². The van der Waals surface area contributed by atoms with Gasteiger partial charge >= 0.3 is 0 Å². The highest BCUT2D eigenvalue weighted by atomic mass is 16.3. The monoisotopic (exact) mass is 340 g/mol. The van der Waals surface area contributed by atoms with E-state index >= 15 is 0 Å². The van der Waals surface area contributed by atoms with Crippen LogP contribution in [-0.4, -0.2) is 23.2 Å². The SMILES string of the molecule is CCC(CC)(CO)c1ncccc1-c1ccccc1NCC(C)(C)C. The maximum atomic E-state index is 10.1. The number of anilines is 1. The van der Waals surface area contributed by atoms with Gasteiger partial charge in [-0.05, 0) is 30.4 Å².